The number of carbonyl (C=O) groups is 2. The summed E-state index contributed by atoms with van der Waals surface area (Å²) in [7, 11) is 0. The van der Waals surface area contributed by atoms with Crippen LogP contribution in [-0.2, 0) is 9.63 Å². The fraction of sp³-hybridized carbons (Fsp3) is 0.440. The Morgan fingerprint density at radius 3 is 2.50 bits per heavy atom. The van der Waals surface area contributed by atoms with E-state index in [4.69, 9.17) is 16.4 Å². The molecule has 2 fully saturated rings. The number of benzene rings is 1. The Morgan fingerprint density at radius 1 is 1.03 bits per heavy atom. The predicted molar refractivity (Wildman–Crippen MR) is 142 cm³/mol. The van der Waals surface area contributed by atoms with Crippen LogP contribution in [-0.4, -0.2) is 83.6 Å². The van der Waals surface area contributed by atoms with Gasteiger partial charge in [-0.15, -0.1) is 11.8 Å². The third-order valence-corrected chi connectivity index (χ3v) is 8.09. The Balaban J connectivity index is 1.11. The summed E-state index contributed by atoms with van der Waals surface area (Å²) in [4.78, 5) is 42.9. The molecule has 0 bridgehead atoms. The van der Waals surface area contributed by atoms with Crippen LogP contribution in [0.4, 0.5) is 16.3 Å². The highest BCUT2D eigenvalue weighted by Gasteiger charge is 2.45. The number of hydrogen-bond acceptors (Lipinski definition) is 7. The number of aromatic nitrogens is 1. The summed E-state index contributed by atoms with van der Waals surface area (Å²) in [5.74, 6) is 0.673. The Hall–Kier alpha value is -2.98. The number of likely N-dealkylation sites (tertiary alicyclic amines) is 1. The molecule has 1 spiro atoms. The lowest BCUT2D eigenvalue weighted by Gasteiger charge is -2.37. The van der Waals surface area contributed by atoms with Crippen molar-refractivity contribution in [2.45, 2.75) is 29.8 Å². The molecule has 0 saturated carbocycles. The molecule has 11 heteroatoms. The minimum absolute atomic E-state index is 0.0764. The van der Waals surface area contributed by atoms with E-state index in [2.05, 4.69) is 20.4 Å². The van der Waals surface area contributed by atoms with Crippen molar-refractivity contribution in [3.05, 3.63) is 47.6 Å². The fourth-order valence-electron chi connectivity index (χ4n) is 4.88. The summed E-state index contributed by atoms with van der Waals surface area (Å²) in [5.41, 5.74) is 0.766. The second kappa shape index (κ2) is 10.6. The van der Waals surface area contributed by atoms with Gasteiger partial charge in [0.05, 0.1) is 10.7 Å². The van der Waals surface area contributed by atoms with Crippen LogP contribution in [0.15, 0.2) is 52.6 Å². The highest BCUT2D eigenvalue weighted by molar-refractivity contribution is 7.98. The van der Waals surface area contributed by atoms with Crippen molar-refractivity contribution < 1.29 is 14.4 Å². The maximum atomic E-state index is 13.2. The van der Waals surface area contributed by atoms with Crippen molar-refractivity contribution in [2.75, 3.05) is 55.7 Å². The zero-order chi connectivity index (χ0) is 25.1. The topological polar surface area (TPSA) is 90.4 Å². The Morgan fingerprint density at radius 2 is 1.78 bits per heavy atom. The molecule has 2 saturated heterocycles. The number of rotatable bonds is 4. The predicted octanol–water partition coefficient (Wildman–Crippen LogP) is 3.95. The molecule has 1 aromatic carbocycles. The second-order valence-corrected chi connectivity index (χ2v) is 10.4. The Labute approximate surface area is 219 Å². The van der Waals surface area contributed by atoms with Gasteiger partial charge >= 0.3 is 6.03 Å². The zero-order valence-corrected chi connectivity index (χ0v) is 21.7. The smallest absolute Gasteiger partial charge is 0.321 e. The summed E-state index contributed by atoms with van der Waals surface area (Å²) >= 11 is 7.87. The van der Waals surface area contributed by atoms with Crippen LogP contribution in [0.3, 0.4) is 0 Å². The summed E-state index contributed by atoms with van der Waals surface area (Å²) in [6.07, 6.45) is 5.46. The van der Waals surface area contributed by atoms with Gasteiger partial charge in [-0.2, -0.15) is 0 Å². The van der Waals surface area contributed by atoms with Crippen LogP contribution in [0.2, 0.25) is 5.02 Å². The molecule has 1 aromatic heterocycles. The van der Waals surface area contributed by atoms with Gasteiger partial charge in [0, 0.05) is 69.6 Å². The van der Waals surface area contributed by atoms with Crippen LogP contribution in [0, 0.1) is 0 Å². The number of halogens is 1. The molecule has 0 radical (unpaired) electrons. The molecule has 9 nitrogen and oxygen atoms in total. The van der Waals surface area contributed by atoms with E-state index in [1.54, 1.807) is 28.9 Å². The van der Waals surface area contributed by atoms with Crippen LogP contribution in [0.1, 0.15) is 19.3 Å². The molecule has 3 aliphatic rings. The normalized spacial score (nSPS) is 19.2. The van der Waals surface area contributed by atoms with E-state index in [1.165, 1.54) is 0 Å². The van der Waals surface area contributed by atoms with Crippen molar-refractivity contribution in [1.29, 1.82) is 0 Å². The monoisotopic (exact) mass is 528 g/mol. The quantitative estimate of drug-likeness (QED) is 0.604. The number of urea groups is 1. The minimum Gasteiger partial charge on any atom is -0.388 e. The molecule has 3 aliphatic heterocycles. The lowest BCUT2D eigenvalue weighted by atomic mass is 9.86. The molecule has 5 rings (SSSR count). The van der Waals surface area contributed by atoms with Crippen molar-refractivity contribution in [2.24, 2.45) is 5.16 Å². The number of oxime groups is 1. The molecule has 2 aromatic rings. The molecule has 36 heavy (non-hydrogen) atoms. The van der Waals surface area contributed by atoms with Crippen molar-refractivity contribution in [1.82, 2.24) is 14.8 Å². The molecule has 4 heterocycles. The van der Waals surface area contributed by atoms with Gasteiger partial charge in [-0.1, -0.05) is 28.9 Å². The number of anilines is 2. The standard InChI is InChI=1S/C25H29ClN6O3S/c1-36-21-7-3-2-6-19(21)28-24(34)32-11-8-25(9-12-32)17-20(29-35-25)23(33)31-15-13-30(14-16-31)22-18(26)5-4-10-27-22/h2-7,10H,8-9,11-17H2,1H3,(H,28,34). The number of carbonyl (C=O) groups excluding carboxylic acids is 2. The van der Waals surface area contributed by atoms with Crippen LogP contribution < -0.4 is 10.2 Å². The third-order valence-electron chi connectivity index (χ3n) is 7.00. The first kappa shape index (κ1) is 24.7. The number of piperazine rings is 1. The zero-order valence-electron chi connectivity index (χ0n) is 20.2. The number of amides is 3. The molecule has 0 atom stereocenters. The minimum atomic E-state index is -0.512. The lowest BCUT2D eigenvalue weighted by Crippen LogP contribution is -2.52. The number of piperidine rings is 1. The van der Waals surface area contributed by atoms with Crippen LogP contribution in [0.25, 0.3) is 0 Å². The fourth-order valence-corrected chi connectivity index (χ4v) is 5.67. The first-order valence-electron chi connectivity index (χ1n) is 12.1. The summed E-state index contributed by atoms with van der Waals surface area (Å²) in [5, 5.41) is 7.83. The van der Waals surface area contributed by atoms with Gasteiger partial charge in [0.25, 0.3) is 5.91 Å². The highest BCUT2D eigenvalue weighted by atomic mass is 35.5. The van der Waals surface area contributed by atoms with Gasteiger partial charge < -0.3 is 24.9 Å². The first-order valence-corrected chi connectivity index (χ1v) is 13.7. The number of nitrogens with one attached hydrogen (secondary N) is 1. The Bertz CT molecular complexity index is 1160. The molecular formula is C25H29ClN6O3S. The number of thioether (sulfide) groups is 1. The second-order valence-electron chi connectivity index (χ2n) is 9.19. The molecule has 190 valence electrons. The SMILES string of the molecule is CSc1ccccc1NC(=O)N1CCC2(CC1)CC(C(=O)N1CCN(c3ncccc3Cl)CC1)=NO2. The summed E-state index contributed by atoms with van der Waals surface area (Å²) in [6, 6.07) is 11.3. The van der Waals surface area contributed by atoms with E-state index in [1.807, 2.05) is 41.5 Å². The van der Waals surface area contributed by atoms with Gasteiger partial charge in [-0.3, -0.25) is 4.79 Å². The molecule has 1 N–H and O–H groups in total. The average Bonchev–Trinajstić information content (AvgIpc) is 3.32. The lowest BCUT2D eigenvalue weighted by molar-refractivity contribution is -0.124. The van der Waals surface area contributed by atoms with Crippen molar-refractivity contribution in [3.8, 4) is 0 Å². The largest absolute Gasteiger partial charge is 0.388 e. The van der Waals surface area contributed by atoms with E-state index in [9.17, 15) is 9.59 Å². The van der Waals surface area contributed by atoms with E-state index in [-0.39, 0.29) is 11.9 Å². The molecule has 0 aliphatic carbocycles. The average molecular weight is 529 g/mol. The summed E-state index contributed by atoms with van der Waals surface area (Å²) in [6.45, 7) is 3.56. The summed E-state index contributed by atoms with van der Waals surface area (Å²) < 4.78 is 0. The van der Waals surface area contributed by atoms with Gasteiger partial charge in [0.15, 0.2) is 0 Å². The van der Waals surface area contributed by atoms with E-state index >= 15 is 0 Å². The maximum Gasteiger partial charge on any atom is 0.321 e. The molecule has 3 amide bonds. The van der Waals surface area contributed by atoms with Gasteiger partial charge in [0.2, 0.25) is 0 Å². The van der Waals surface area contributed by atoms with Gasteiger partial charge in [-0.05, 0) is 30.5 Å². The number of hydrogen-bond donors (Lipinski definition) is 1. The van der Waals surface area contributed by atoms with Crippen molar-refractivity contribution in [3.63, 3.8) is 0 Å². The maximum absolute atomic E-state index is 13.2. The van der Waals surface area contributed by atoms with E-state index in [0.717, 1.165) is 16.4 Å². The van der Waals surface area contributed by atoms with Gasteiger partial charge in [-0.25, -0.2) is 9.78 Å². The van der Waals surface area contributed by atoms with E-state index < -0.39 is 5.60 Å². The van der Waals surface area contributed by atoms with E-state index in [0.29, 0.717) is 69.3 Å². The number of pyridine rings is 1. The molecular weight excluding hydrogens is 500 g/mol. The first-order chi connectivity index (χ1) is 17.5. The molecule has 0 unspecified atom stereocenters. The van der Waals surface area contributed by atoms with Gasteiger partial charge in [0.1, 0.15) is 17.1 Å². The third kappa shape index (κ3) is 5.10. The highest BCUT2D eigenvalue weighted by Crippen LogP contribution is 2.36. The van der Waals surface area contributed by atoms with Crippen LogP contribution in [0.5, 0.6) is 0 Å². The Kier molecular flexibility index (Phi) is 7.25. The van der Waals surface area contributed by atoms with Crippen molar-refractivity contribution >= 4 is 52.5 Å². The number of nitrogens with zero attached hydrogens (tertiary/aromatic N) is 5. The van der Waals surface area contributed by atoms with Crippen LogP contribution >= 0.6 is 23.4 Å². The number of para-hydroxylation sites is 1.